The summed E-state index contributed by atoms with van der Waals surface area (Å²) in [4.78, 5) is 18.4. The molecule has 2 rings (SSSR count). The van der Waals surface area contributed by atoms with Crippen molar-refractivity contribution in [3.63, 3.8) is 0 Å². The molecule has 1 aliphatic rings. The molecule has 0 aromatic carbocycles. The van der Waals surface area contributed by atoms with Gasteiger partial charge in [-0.2, -0.15) is 0 Å². The number of rotatable bonds is 4. The summed E-state index contributed by atoms with van der Waals surface area (Å²) in [6.07, 6.45) is 2.91. The fourth-order valence-electron chi connectivity index (χ4n) is 2.12. The first-order chi connectivity index (χ1) is 8.74. The van der Waals surface area contributed by atoms with E-state index in [2.05, 4.69) is 4.98 Å². The van der Waals surface area contributed by atoms with E-state index in [1.807, 2.05) is 10.3 Å². The standard InChI is InChI=1S/C12H19N3O2S/c1-17-9-3-2-6-15(7-9)12(16)10-8-18-11(14-10)4-5-13/h8-9H,2-7,13H2,1H3. The molecular formula is C12H19N3O2S. The van der Waals surface area contributed by atoms with E-state index in [4.69, 9.17) is 10.5 Å². The molecule has 1 saturated heterocycles. The maximum Gasteiger partial charge on any atom is 0.273 e. The fraction of sp³-hybridized carbons (Fsp3) is 0.667. The van der Waals surface area contributed by atoms with Crippen LogP contribution in [0.4, 0.5) is 0 Å². The number of carbonyl (C=O) groups is 1. The molecule has 6 heteroatoms. The number of hydrogen-bond donors (Lipinski definition) is 1. The van der Waals surface area contributed by atoms with Crippen LogP contribution in [-0.4, -0.2) is 48.6 Å². The average molecular weight is 269 g/mol. The van der Waals surface area contributed by atoms with Crippen molar-refractivity contribution in [1.82, 2.24) is 9.88 Å². The maximum absolute atomic E-state index is 12.3. The van der Waals surface area contributed by atoms with Crippen molar-refractivity contribution in [1.29, 1.82) is 0 Å². The average Bonchev–Trinajstić information content (AvgIpc) is 2.87. The smallest absolute Gasteiger partial charge is 0.273 e. The van der Waals surface area contributed by atoms with Gasteiger partial charge in [0.1, 0.15) is 5.69 Å². The molecule has 1 aromatic rings. The van der Waals surface area contributed by atoms with Gasteiger partial charge in [-0.3, -0.25) is 4.79 Å². The molecule has 1 atom stereocenters. The Morgan fingerprint density at radius 2 is 2.56 bits per heavy atom. The topological polar surface area (TPSA) is 68.5 Å². The molecule has 0 radical (unpaired) electrons. The van der Waals surface area contributed by atoms with Crippen molar-refractivity contribution >= 4 is 17.2 Å². The highest BCUT2D eigenvalue weighted by Gasteiger charge is 2.25. The highest BCUT2D eigenvalue weighted by atomic mass is 32.1. The lowest BCUT2D eigenvalue weighted by molar-refractivity contribution is 0.0266. The molecule has 1 aromatic heterocycles. The molecule has 0 saturated carbocycles. The van der Waals surface area contributed by atoms with Crippen molar-refractivity contribution in [2.75, 3.05) is 26.7 Å². The van der Waals surface area contributed by atoms with E-state index in [-0.39, 0.29) is 12.0 Å². The van der Waals surface area contributed by atoms with Gasteiger partial charge in [0.15, 0.2) is 0 Å². The number of nitrogens with two attached hydrogens (primary N) is 1. The van der Waals surface area contributed by atoms with Gasteiger partial charge >= 0.3 is 0 Å². The SMILES string of the molecule is COC1CCCN(C(=O)c2csc(CCN)n2)C1. The van der Waals surface area contributed by atoms with Crippen LogP contribution in [0, 0.1) is 0 Å². The van der Waals surface area contributed by atoms with Crippen LogP contribution in [0.1, 0.15) is 28.3 Å². The lowest BCUT2D eigenvalue weighted by Crippen LogP contribution is -2.43. The summed E-state index contributed by atoms with van der Waals surface area (Å²) in [6, 6.07) is 0. The molecule has 1 fully saturated rings. The second-order valence-electron chi connectivity index (χ2n) is 4.42. The van der Waals surface area contributed by atoms with E-state index < -0.39 is 0 Å². The molecule has 100 valence electrons. The van der Waals surface area contributed by atoms with E-state index >= 15 is 0 Å². The van der Waals surface area contributed by atoms with Gasteiger partial charge in [-0.05, 0) is 19.4 Å². The number of carbonyl (C=O) groups excluding carboxylic acids is 1. The van der Waals surface area contributed by atoms with Crippen molar-refractivity contribution in [3.8, 4) is 0 Å². The minimum atomic E-state index is 0.0104. The second kappa shape index (κ2) is 6.26. The summed E-state index contributed by atoms with van der Waals surface area (Å²) < 4.78 is 5.32. The highest BCUT2D eigenvalue weighted by Crippen LogP contribution is 2.17. The molecule has 1 aliphatic heterocycles. The summed E-state index contributed by atoms with van der Waals surface area (Å²) in [7, 11) is 1.70. The molecule has 5 nitrogen and oxygen atoms in total. The van der Waals surface area contributed by atoms with E-state index in [0.29, 0.717) is 18.8 Å². The molecule has 18 heavy (non-hydrogen) atoms. The zero-order valence-electron chi connectivity index (χ0n) is 10.6. The number of hydrogen-bond acceptors (Lipinski definition) is 5. The quantitative estimate of drug-likeness (QED) is 0.881. The van der Waals surface area contributed by atoms with Crippen LogP contribution in [0.2, 0.25) is 0 Å². The lowest BCUT2D eigenvalue weighted by Gasteiger charge is -2.31. The van der Waals surface area contributed by atoms with Crippen molar-refractivity contribution < 1.29 is 9.53 Å². The molecule has 1 unspecified atom stereocenters. The third kappa shape index (κ3) is 3.07. The Balaban J connectivity index is 2.00. The van der Waals surface area contributed by atoms with Crippen LogP contribution >= 0.6 is 11.3 Å². The summed E-state index contributed by atoms with van der Waals surface area (Å²) in [5, 5.41) is 2.75. The zero-order valence-corrected chi connectivity index (χ0v) is 11.4. The molecule has 0 bridgehead atoms. The summed E-state index contributed by atoms with van der Waals surface area (Å²) in [5.74, 6) is 0.0104. The number of thiazole rings is 1. The van der Waals surface area contributed by atoms with Crippen LogP contribution in [0.15, 0.2) is 5.38 Å². The van der Waals surface area contributed by atoms with Crippen molar-refractivity contribution in [2.45, 2.75) is 25.4 Å². The third-order valence-electron chi connectivity index (χ3n) is 3.13. The fourth-order valence-corrected chi connectivity index (χ4v) is 2.91. The number of methoxy groups -OCH3 is 1. The Kier molecular flexibility index (Phi) is 4.68. The Bertz CT molecular complexity index is 408. The Morgan fingerprint density at radius 1 is 1.72 bits per heavy atom. The third-order valence-corrected chi connectivity index (χ3v) is 4.04. The first-order valence-corrected chi connectivity index (χ1v) is 7.09. The predicted molar refractivity (Wildman–Crippen MR) is 70.8 cm³/mol. The minimum Gasteiger partial charge on any atom is -0.380 e. The summed E-state index contributed by atoms with van der Waals surface area (Å²) >= 11 is 1.50. The zero-order chi connectivity index (χ0) is 13.0. The number of nitrogens with zero attached hydrogens (tertiary/aromatic N) is 2. The van der Waals surface area contributed by atoms with Gasteiger partial charge < -0.3 is 15.4 Å². The Hall–Kier alpha value is -0.980. The van der Waals surface area contributed by atoms with Gasteiger partial charge in [-0.15, -0.1) is 11.3 Å². The maximum atomic E-state index is 12.3. The number of piperidine rings is 1. The van der Waals surface area contributed by atoms with Crippen molar-refractivity contribution in [3.05, 3.63) is 16.1 Å². The van der Waals surface area contributed by atoms with Crippen LogP contribution < -0.4 is 5.73 Å². The Labute approximate surface area is 111 Å². The number of likely N-dealkylation sites (tertiary alicyclic amines) is 1. The normalized spacial score (nSPS) is 20.1. The monoisotopic (exact) mass is 269 g/mol. The van der Waals surface area contributed by atoms with Gasteiger partial charge in [0, 0.05) is 32.0 Å². The summed E-state index contributed by atoms with van der Waals surface area (Å²) in [6.45, 7) is 2.03. The largest absolute Gasteiger partial charge is 0.380 e. The van der Waals surface area contributed by atoms with Gasteiger partial charge in [0.25, 0.3) is 5.91 Å². The highest BCUT2D eigenvalue weighted by molar-refractivity contribution is 7.09. The molecule has 2 heterocycles. The van der Waals surface area contributed by atoms with E-state index in [9.17, 15) is 4.79 Å². The van der Waals surface area contributed by atoms with Gasteiger partial charge in [-0.1, -0.05) is 0 Å². The van der Waals surface area contributed by atoms with E-state index in [1.165, 1.54) is 11.3 Å². The molecule has 0 aliphatic carbocycles. The molecule has 0 spiro atoms. The van der Waals surface area contributed by atoms with Crippen LogP contribution in [-0.2, 0) is 11.2 Å². The van der Waals surface area contributed by atoms with E-state index in [1.54, 1.807) is 7.11 Å². The van der Waals surface area contributed by atoms with Gasteiger partial charge in [0.2, 0.25) is 0 Å². The van der Waals surface area contributed by atoms with Crippen LogP contribution in [0.25, 0.3) is 0 Å². The first-order valence-electron chi connectivity index (χ1n) is 6.21. The minimum absolute atomic E-state index is 0.0104. The summed E-state index contributed by atoms with van der Waals surface area (Å²) in [5.41, 5.74) is 6.02. The molecule has 1 amide bonds. The first kappa shape index (κ1) is 13.5. The number of amides is 1. The predicted octanol–water partition coefficient (Wildman–Crippen LogP) is 0.895. The van der Waals surface area contributed by atoms with Crippen molar-refractivity contribution in [2.24, 2.45) is 5.73 Å². The number of aromatic nitrogens is 1. The van der Waals surface area contributed by atoms with Crippen LogP contribution in [0.5, 0.6) is 0 Å². The number of ether oxygens (including phenoxy) is 1. The lowest BCUT2D eigenvalue weighted by atomic mass is 10.1. The van der Waals surface area contributed by atoms with Gasteiger partial charge in [0.05, 0.1) is 11.1 Å². The van der Waals surface area contributed by atoms with E-state index in [0.717, 1.165) is 30.8 Å². The van der Waals surface area contributed by atoms with Crippen LogP contribution in [0.3, 0.4) is 0 Å². The molecule has 2 N–H and O–H groups in total. The van der Waals surface area contributed by atoms with Gasteiger partial charge in [-0.25, -0.2) is 4.98 Å². The molecular weight excluding hydrogens is 250 g/mol. The Morgan fingerprint density at radius 3 is 3.28 bits per heavy atom. The second-order valence-corrected chi connectivity index (χ2v) is 5.36.